The summed E-state index contributed by atoms with van der Waals surface area (Å²) >= 11 is 5.41. The number of hydrogen-bond donors (Lipinski definition) is 2. The van der Waals surface area contributed by atoms with E-state index in [1.165, 1.54) is 24.2 Å². The summed E-state index contributed by atoms with van der Waals surface area (Å²) in [5, 5.41) is 12.9. The maximum Gasteiger partial charge on any atom is 0.129 e. The molecule has 94 valence electrons. The van der Waals surface area contributed by atoms with E-state index in [0.29, 0.717) is 10.5 Å². The molecule has 1 aliphatic heterocycles. The van der Waals surface area contributed by atoms with Gasteiger partial charge in [-0.3, -0.25) is 0 Å². The highest BCUT2D eigenvalue weighted by molar-refractivity contribution is 9.10. The van der Waals surface area contributed by atoms with Crippen LogP contribution in [0.5, 0.6) is 5.75 Å². The van der Waals surface area contributed by atoms with Crippen LogP contribution in [0.1, 0.15) is 25.3 Å². The number of aromatic hydroxyl groups is 1. The molecule has 0 aromatic heterocycles. The molecule has 2 N–H and O–H groups in total. The van der Waals surface area contributed by atoms with Gasteiger partial charge >= 0.3 is 0 Å². The Labute approximate surface area is 115 Å². The van der Waals surface area contributed by atoms with E-state index in [1.54, 1.807) is 6.07 Å². The molecule has 0 radical (unpaired) electrons. The highest BCUT2D eigenvalue weighted by atomic mass is 79.9. The largest absolute Gasteiger partial charge is 0.507 e. The summed E-state index contributed by atoms with van der Waals surface area (Å²) in [5.41, 5.74) is 1.20. The van der Waals surface area contributed by atoms with E-state index in [1.807, 2.05) is 12.1 Å². The van der Waals surface area contributed by atoms with E-state index in [2.05, 4.69) is 39.9 Å². The van der Waals surface area contributed by atoms with E-state index in [9.17, 15) is 5.11 Å². The highest BCUT2D eigenvalue weighted by Gasteiger charge is 2.28. The van der Waals surface area contributed by atoms with Crippen molar-refractivity contribution in [2.24, 2.45) is 0 Å². The van der Waals surface area contributed by atoms with Gasteiger partial charge in [0.05, 0.1) is 4.47 Å². The van der Waals surface area contributed by atoms with E-state index in [0.717, 1.165) is 17.6 Å². The van der Waals surface area contributed by atoms with E-state index in [-0.39, 0.29) is 0 Å². The third-order valence-electron chi connectivity index (χ3n) is 3.14. The van der Waals surface area contributed by atoms with Crippen molar-refractivity contribution in [1.82, 2.24) is 5.32 Å². The van der Waals surface area contributed by atoms with Gasteiger partial charge in [0.15, 0.2) is 0 Å². The summed E-state index contributed by atoms with van der Waals surface area (Å²) in [6, 6.07) is 5.65. The minimum Gasteiger partial charge on any atom is -0.507 e. The normalized spacial score (nSPS) is 24.1. The molecule has 1 aliphatic rings. The second-order valence-electron chi connectivity index (χ2n) is 4.79. The Kier molecular flexibility index (Phi) is 4.39. The van der Waals surface area contributed by atoms with E-state index in [4.69, 9.17) is 0 Å². The van der Waals surface area contributed by atoms with Gasteiger partial charge in [-0.05, 0) is 59.1 Å². The third kappa shape index (κ3) is 3.63. The number of thioether (sulfide) groups is 1. The van der Waals surface area contributed by atoms with Crippen LogP contribution < -0.4 is 5.32 Å². The summed E-state index contributed by atoms with van der Waals surface area (Å²) in [7, 11) is 0. The zero-order valence-electron chi connectivity index (χ0n) is 10.0. The molecule has 1 aromatic carbocycles. The SMILES string of the molecule is CC1(CNCc2ccc(O)c(Br)c2)CCCS1. The lowest BCUT2D eigenvalue weighted by atomic mass is 10.1. The van der Waals surface area contributed by atoms with Crippen molar-refractivity contribution in [3.8, 4) is 5.75 Å². The molecule has 0 spiro atoms. The maximum atomic E-state index is 9.41. The van der Waals surface area contributed by atoms with Crippen LogP contribution in [0.25, 0.3) is 0 Å². The molecule has 1 atom stereocenters. The van der Waals surface area contributed by atoms with Crippen molar-refractivity contribution < 1.29 is 5.11 Å². The average molecular weight is 316 g/mol. The number of hydrogen-bond acceptors (Lipinski definition) is 3. The predicted octanol–water partition coefficient (Wildman–Crippen LogP) is 3.53. The molecular weight excluding hydrogens is 298 g/mol. The Morgan fingerprint density at radius 2 is 2.35 bits per heavy atom. The Hall–Kier alpha value is -0.190. The summed E-state index contributed by atoms with van der Waals surface area (Å²) in [6.07, 6.45) is 2.65. The molecule has 2 rings (SSSR count). The fourth-order valence-electron chi connectivity index (χ4n) is 2.11. The molecule has 1 heterocycles. The highest BCUT2D eigenvalue weighted by Crippen LogP contribution is 2.37. The predicted molar refractivity (Wildman–Crippen MR) is 77.6 cm³/mol. The van der Waals surface area contributed by atoms with Gasteiger partial charge in [0.2, 0.25) is 0 Å². The van der Waals surface area contributed by atoms with Gasteiger partial charge in [0.1, 0.15) is 5.75 Å². The first-order valence-corrected chi connectivity index (χ1v) is 7.69. The molecule has 0 aliphatic carbocycles. The van der Waals surface area contributed by atoms with Crippen LogP contribution in [0.3, 0.4) is 0 Å². The Morgan fingerprint density at radius 1 is 1.53 bits per heavy atom. The molecular formula is C13H18BrNOS. The van der Waals surface area contributed by atoms with Crippen molar-refractivity contribution in [3.05, 3.63) is 28.2 Å². The van der Waals surface area contributed by atoms with Crippen molar-refractivity contribution in [1.29, 1.82) is 0 Å². The lowest BCUT2D eigenvalue weighted by molar-refractivity contribution is 0.471. The third-order valence-corrected chi connectivity index (χ3v) is 5.31. The van der Waals surface area contributed by atoms with Crippen LogP contribution in [-0.4, -0.2) is 22.2 Å². The molecule has 1 aromatic rings. The standard InChI is InChI=1S/C13H18BrNOS/c1-13(5-2-6-17-13)9-15-8-10-3-4-12(16)11(14)7-10/h3-4,7,15-16H,2,5-6,8-9H2,1H3. The number of benzene rings is 1. The molecule has 2 nitrogen and oxygen atoms in total. The second-order valence-corrected chi connectivity index (χ2v) is 7.33. The van der Waals surface area contributed by atoms with Crippen molar-refractivity contribution in [2.75, 3.05) is 12.3 Å². The van der Waals surface area contributed by atoms with E-state index >= 15 is 0 Å². The molecule has 1 fully saturated rings. The fourth-order valence-corrected chi connectivity index (χ4v) is 3.81. The van der Waals surface area contributed by atoms with Gasteiger partial charge in [-0.15, -0.1) is 0 Å². The lowest BCUT2D eigenvalue weighted by Crippen LogP contribution is -2.32. The first-order valence-electron chi connectivity index (χ1n) is 5.91. The van der Waals surface area contributed by atoms with Crippen molar-refractivity contribution >= 4 is 27.7 Å². The minimum atomic E-state index is 0.298. The van der Waals surface area contributed by atoms with Crippen LogP contribution >= 0.6 is 27.7 Å². The van der Waals surface area contributed by atoms with Gasteiger partial charge in [-0.2, -0.15) is 11.8 Å². The smallest absolute Gasteiger partial charge is 0.129 e. The van der Waals surface area contributed by atoms with Crippen LogP contribution in [0, 0.1) is 0 Å². The first kappa shape index (κ1) is 13.2. The lowest BCUT2D eigenvalue weighted by Gasteiger charge is -2.23. The van der Waals surface area contributed by atoms with Crippen molar-refractivity contribution in [2.45, 2.75) is 31.1 Å². The quantitative estimate of drug-likeness (QED) is 0.891. The van der Waals surface area contributed by atoms with Gasteiger partial charge < -0.3 is 10.4 Å². The van der Waals surface area contributed by atoms with E-state index < -0.39 is 0 Å². The molecule has 1 unspecified atom stereocenters. The first-order chi connectivity index (χ1) is 8.09. The van der Waals surface area contributed by atoms with Gasteiger partial charge in [0.25, 0.3) is 0 Å². The zero-order chi connectivity index (χ0) is 12.3. The molecule has 17 heavy (non-hydrogen) atoms. The number of halogens is 1. The van der Waals surface area contributed by atoms with Crippen LogP contribution in [-0.2, 0) is 6.54 Å². The molecule has 0 saturated carbocycles. The van der Waals surface area contributed by atoms with Crippen LogP contribution in [0.15, 0.2) is 22.7 Å². The second kappa shape index (κ2) is 5.63. The van der Waals surface area contributed by atoms with Crippen molar-refractivity contribution in [3.63, 3.8) is 0 Å². The molecule has 4 heteroatoms. The topological polar surface area (TPSA) is 32.3 Å². The summed E-state index contributed by atoms with van der Waals surface area (Å²) in [6.45, 7) is 4.25. The Bertz CT molecular complexity index is 391. The van der Waals surface area contributed by atoms with Crippen LogP contribution in [0.4, 0.5) is 0 Å². The van der Waals surface area contributed by atoms with Gasteiger partial charge in [0, 0.05) is 17.8 Å². The number of nitrogens with one attached hydrogen (secondary N) is 1. The molecule has 1 saturated heterocycles. The zero-order valence-corrected chi connectivity index (χ0v) is 12.4. The maximum absolute atomic E-state index is 9.41. The summed E-state index contributed by atoms with van der Waals surface area (Å²) in [5.74, 6) is 1.59. The van der Waals surface area contributed by atoms with Gasteiger partial charge in [-0.25, -0.2) is 0 Å². The monoisotopic (exact) mass is 315 g/mol. The molecule has 0 amide bonds. The van der Waals surface area contributed by atoms with Gasteiger partial charge in [-0.1, -0.05) is 6.07 Å². The number of phenols is 1. The van der Waals surface area contributed by atoms with Crippen LogP contribution in [0.2, 0.25) is 0 Å². The molecule has 0 bridgehead atoms. The Morgan fingerprint density at radius 3 is 3.00 bits per heavy atom. The Balaban J connectivity index is 1.83. The summed E-state index contributed by atoms with van der Waals surface area (Å²) in [4.78, 5) is 0. The summed E-state index contributed by atoms with van der Waals surface area (Å²) < 4.78 is 1.17. The average Bonchev–Trinajstić information content (AvgIpc) is 2.71. The minimum absolute atomic E-state index is 0.298. The fraction of sp³-hybridized carbons (Fsp3) is 0.538. The number of rotatable bonds is 4. The number of phenolic OH excluding ortho intramolecular Hbond substituents is 1.